The van der Waals surface area contributed by atoms with Crippen molar-refractivity contribution >= 4 is 46.3 Å². The highest BCUT2D eigenvalue weighted by Crippen LogP contribution is 2.26. The lowest BCUT2D eigenvalue weighted by molar-refractivity contribution is 0.100. The van der Waals surface area contributed by atoms with Crippen molar-refractivity contribution in [1.82, 2.24) is 0 Å². The average molecular weight is 599 g/mol. The molecule has 0 aliphatic heterocycles. The summed E-state index contributed by atoms with van der Waals surface area (Å²) < 4.78 is 5.90. The van der Waals surface area contributed by atoms with Crippen LogP contribution in [0, 0.1) is 0 Å². The van der Waals surface area contributed by atoms with Crippen LogP contribution < -0.4 is 26.0 Å². The van der Waals surface area contributed by atoms with E-state index in [1.165, 1.54) is 6.92 Å². The van der Waals surface area contributed by atoms with Crippen LogP contribution in [0.25, 0.3) is 0 Å². The molecule has 5 aromatic rings. The molecule has 224 valence electrons. The second kappa shape index (κ2) is 13.8. The molecule has 0 fully saturated rings. The zero-order chi connectivity index (χ0) is 31.8. The molecule has 0 saturated heterocycles. The Hall–Kier alpha value is -6.22. The van der Waals surface area contributed by atoms with Crippen molar-refractivity contribution in [3.8, 4) is 11.5 Å². The number of benzene rings is 5. The highest BCUT2D eigenvalue weighted by molar-refractivity contribution is 6.08. The Morgan fingerprint density at radius 3 is 1.33 bits per heavy atom. The van der Waals surface area contributed by atoms with Crippen LogP contribution in [0.15, 0.2) is 121 Å². The van der Waals surface area contributed by atoms with Crippen LogP contribution in [0.5, 0.6) is 11.5 Å². The maximum absolute atomic E-state index is 12.9. The van der Waals surface area contributed by atoms with Crippen LogP contribution in [0.2, 0.25) is 0 Å². The van der Waals surface area contributed by atoms with E-state index in [-0.39, 0.29) is 23.5 Å². The number of ketones is 1. The van der Waals surface area contributed by atoms with E-state index < -0.39 is 0 Å². The van der Waals surface area contributed by atoms with Gasteiger partial charge in [-0.05, 0) is 104 Å². The first-order valence-electron chi connectivity index (χ1n) is 14.1. The molecule has 9 heteroatoms. The Balaban J connectivity index is 1.14. The second-order valence-electron chi connectivity index (χ2n) is 10.1. The number of ether oxygens (including phenoxy) is 1. The monoisotopic (exact) mass is 598 g/mol. The van der Waals surface area contributed by atoms with E-state index in [4.69, 9.17) is 4.74 Å². The van der Waals surface area contributed by atoms with Crippen molar-refractivity contribution in [3.63, 3.8) is 0 Å². The van der Waals surface area contributed by atoms with E-state index in [0.717, 1.165) is 5.69 Å². The van der Waals surface area contributed by atoms with Crippen molar-refractivity contribution < 1.29 is 23.9 Å². The van der Waals surface area contributed by atoms with Crippen molar-refractivity contribution in [2.75, 3.05) is 28.3 Å². The fraction of sp³-hybridized carbons (Fsp3) is 0.0556. The molecule has 0 unspecified atom stereocenters. The minimum Gasteiger partial charge on any atom is -0.457 e. The highest BCUT2D eigenvalue weighted by atomic mass is 16.5. The summed E-state index contributed by atoms with van der Waals surface area (Å²) in [7, 11) is 1.84. The standard InChI is InChI=1S/C36H30N4O5/c1-23(41)24-6-8-25(9-7-24)34(42)38-29-14-16-30(17-15-29)39-35(43)26-10-12-27(13-11-26)36(44)40-31-4-3-5-33(22-31)45-32-20-18-28(37-2)19-21-32/h3-22,37H,1-2H3,(H,38,42)(H,39,43)(H,40,44). The molecule has 5 aromatic carbocycles. The molecule has 0 radical (unpaired) electrons. The number of hydrogen-bond donors (Lipinski definition) is 4. The third-order valence-corrected chi connectivity index (χ3v) is 6.83. The number of Topliss-reactive ketones (excluding diaryl/α,β-unsaturated/α-hetero) is 1. The van der Waals surface area contributed by atoms with Crippen LogP contribution in [0.1, 0.15) is 48.4 Å². The first-order valence-corrected chi connectivity index (χ1v) is 14.1. The molecule has 4 N–H and O–H groups in total. The van der Waals surface area contributed by atoms with Gasteiger partial charge in [0.2, 0.25) is 0 Å². The van der Waals surface area contributed by atoms with E-state index in [1.807, 2.05) is 31.3 Å². The van der Waals surface area contributed by atoms with E-state index in [0.29, 0.717) is 50.8 Å². The van der Waals surface area contributed by atoms with E-state index in [1.54, 1.807) is 97.1 Å². The van der Waals surface area contributed by atoms with Gasteiger partial charge >= 0.3 is 0 Å². The molecule has 5 rings (SSSR count). The van der Waals surface area contributed by atoms with Gasteiger partial charge in [-0.3, -0.25) is 19.2 Å². The fourth-order valence-corrected chi connectivity index (χ4v) is 4.34. The molecule has 0 saturated carbocycles. The summed E-state index contributed by atoms with van der Waals surface area (Å²) in [5.74, 6) is 0.178. The second-order valence-corrected chi connectivity index (χ2v) is 10.1. The SMILES string of the molecule is CNc1ccc(Oc2cccc(NC(=O)c3ccc(C(=O)Nc4ccc(NC(=O)c5ccc(C(C)=O)cc5)cc4)cc3)c2)cc1. The van der Waals surface area contributed by atoms with Gasteiger partial charge < -0.3 is 26.0 Å². The Kier molecular flexibility index (Phi) is 9.30. The topological polar surface area (TPSA) is 126 Å². The summed E-state index contributed by atoms with van der Waals surface area (Å²) in [5.41, 5.74) is 4.33. The third-order valence-electron chi connectivity index (χ3n) is 6.83. The van der Waals surface area contributed by atoms with Gasteiger partial charge in [0.1, 0.15) is 11.5 Å². The molecule has 0 aromatic heterocycles. The number of carbonyl (C=O) groups excluding carboxylic acids is 4. The molecular weight excluding hydrogens is 568 g/mol. The minimum atomic E-state index is -0.350. The zero-order valence-electron chi connectivity index (χ0n) is 24.6. The average Bonchev–Trinajstić information content (AvgIpc) is 3.06. The molecular formula is C36H30N4O5. The largest absolute Gasteiger partial charge is 0.457 e. The number of amides is 3. The number of carbonyl (C=O) groups is 4. The van der Waals surface area contributed by atoms with Gasteiger partial charge in [-0.2, -0.15) is 0 Å². The predicted octanol–water partition coefficient (Wildman–Crippen LogP) is 7.48. The maximum atomic E-state index is 12.9. The molecule has 45 heavy (non-hydrogen) atoms. The molecule has 0 bridgehead atoms. The zero-order valence-corrected chi connectivity index (χ0v) is 24.6. The van der Waals surface area contributed by atoms with Gasteiger partial charge in [-0.15, -0.1) is 0 Å². The van der Waals surface area contributed by atoms with Crippen LogP contribution >= 0.6 is 0 Å². The normalized spacial score (nSPS) is 10.4. The molecule has 0 aliphatic rings. The first-order chi connectivity index (χ1) is 21.8. The minimum absolute atomic E-state index is 0.0719. The lowest BCUT2D eigenvalue weighted by Gasteiger charge is -2.10. The van der Waals surface area contributed by atoms with Crippen molar-refractivity contribution in [1.29, 1.82) is 0 Å². The summed E-state index contributed by atoms with van der Waals surface area (Å²) >= 11 is 0. The number of nitrogens with one attached hydrogen (secondary N) is 4. The molecule has 0 spiro atoms. The quantitative estimate of drug-likeness (QED) is 0.124. The molecule has 9 nitrogen and oxygen atoms in total. The number of hydrogen-bond acceptors (Lipinski definition) is 6. The van der Waals surface area contributed by atoms with Crippen LogP contribution in [0.3, 0.4) is 0 Å². The maximum Gasteiger partial charge on any atom is 0.255 e. The van der Waals surface area contributed by atoms with E-state index in [2.05, 4.69) is 21.3 Å². The van der Waals surface area contributed by atoms with Gasteiger partial charge in [0.25, 0.3) is 17.7 Å². The molecule has 3 amide bonds. The Bertz CT molecular complexity index is 1830. The van der Waals surface area contributed by atoms with Crippen molar-refractivity contribution in [2.45, 2.75) is 6.92 Å². The first kappa shape index (κ1) is 30.2. The Morgan fingerprint density at radius 2 is 0.889 bits per heavy atom. The molecule has 0 atom stereocenters. The summed E-state index contributed by atoms with van der Waals surface area (Å²) in [6.07, 6.45) is 0. The van der Waals surface area contributed by atoms with Crippen molar-refractivity contribution in [3.05, 3.63) is 144 Å². The summed E-state index contributed by atoms with van der Waals surface area (Å²) in [6.45, 7) is 1.47. The summed E-state index contributed by atoms with van der Waals surface area (Å²) in [6, 6.07) is 34.0. The van der Waals surface area contributed by atoms with Crippen LogP contribution in [-0.2, 0) is 0 Å². The number of rotatable bonds is 10. The lowest BCUT2D eigenvalue weighted by atomic mass is 10.1. The summed E-state index contributed by atoms with van der Waals surface area (Å²) in [4.78, 5) is 49.6. The highest BCUT2D eigenvalue weighted by Gasteiger charge is 2.12. The fourth-order valence-electron chi connectivity index (χ4n) is 4.34. The van der Waals surface area contributed by atoms with Gasteiger partial charge in [-0.25, -0.2) is 0 Å². The van der Waals surface area contributed by atoms with Crippen molar-refractivity contribution in [2.24, 2.45) is 0 Å². The summed E-state index contributed by atoms with van der Waals surface area (Å²) in [5, 5.41) is 11.5. The van der Waals surface area contributed by atoms with Gasteiger partial charge in [0.05, 0.1) is 0 Å². The van der Waals surface area contributed by atoms with Crippen LogP contribution in [0.4, 0.5) is 22.7 Å². The van der Waals surface area contributed by atoms with E-state index in [9.17, 15) is 19.2 Å². The predicted molar refractivity (Wildman–Crippen MR) is 176 cm³/mol. The Morgan fingerprint density at radius 1 is 0.467 bits per heavy atom. The number of anilines is 4. The molecule has 0 heterocycles. The van der Waals surface area contributed by atoms with Gasteiger partial charge in [0.15, 0.2) is 5.78 Å². The third kappa shape index (κ3) is 7.99. The lowest BCUT2D eigenvalue weighted by Crippen LogP contribution is -2.14. The van der Waals surface area contributed by atoms with Gasteiger partial charge in [-0.1, -0.05) is 18.2 Å². The molecule has 0 aliphatic carbocycles. The Labute approximate surface area is 260 Å². The van der Waals surface area contributed by atoms with Gasteiger partial charge in [0, 0.05) is 58.1 Å². The smallest absolute Gasteiger partial charge is 0.255 e. The van der Waals surface area contributed by atoms with E-state index >= 15 is 0 Å². The van der Waals surface area contributed by atoms with Crippen LogP contribution in [-0.4, -0.2) is 30.6 Å².